The zero-order valence-corrected chi connectivity index (χ0v) is 10.3. The van der Waals surface area contributed by atoms with Crippen molar-refractivity contribution in [3.63, 3.8) is 0 Å². The molecule has 0 atom stereocenters. The van der Waals surface area contributed by atoms with Crippen molar-refractivity contribution in [1.82, 2.24) is 4.98 Å². The number of aromatic carboxylic acids is 1. The van der Waals surface area contributed by atoms with E-state index in [0.717, 1.165) is 0 Å². The van der Waals surface area contributed by atoms with Gasteiger partial charge in [-0.2, -0.15) is 0 Å². The topological polar surface area (TPSA) is 70.5 Å². The highest BCUT2D eigenvalue weighted by atomic mass is 32.1. The summed E-state index contributed by atoms with van der Waals surface area (Å²) in [6, 6.07) is 6.38. The van der Waals surface area contributed by atoms with Gasteiger partial charge in [0.15, 0.2) is 0 Å². The SMILES string of the molecule is CN(C(=O)c1cncs1)c1ccccc1C(=O)O. The van der Waals surface area contributed by atoms with E-state index in [9.17, 15) is 9.59 Å². The summed E-state index contributed by atoms with van der Waals surface area (Å²) in [7, 11) is 1.55. The Kier molecular flexibility index (Phi) is 3.38. The summed E-state index contributed by atoms with van der Waals surface area (Å²) in [5.74, 6) is -1.33. The second-order valence-electron chi connectivity index (χ2n) is 3.55. The summed E-state index contributed by atoms with van der Waals surface area (Å²) in [5.41, 5.74) is 2.02. The second-order valence-corrected chi connectivity index (χ2v) is 4.44. The molecule has 1 aromatic heterocycles. The van der Waals surface area contributed by atoms with Crippen LogP contribution in [0.25, 0.3) is 0 Å². The van der Waals surface area contributed by atoms with Crippen LogP contribution < -0.4 is 4.90 Å². The number of hydrogen-bond donors (Lipinski definition) is 1. The second kappa shape index (κ2) is 4.97. The molecule has 0 aliphatic rings. The number of hydrogen-bond acceptors (Lipinski definition) is 4. The molecule has 2 rings (SSSR count). The summed E-state index contributed by atoms with van der Waals surface area (Å²) in [4.78, 5) is 28.8. The molecule has 1 aromatic carbocycles. The van der Waals surface area contributed by atoms with Gasteiger partial charge < -0.3 is 10.0 Å². The summed E-state index contributed by atoms with van der Waals surface area (Å²) >= 11 is 1.22. The van der Waals surface area contributed by atoms with Crippen LogP contribution in [0.3, 0.4) is 0 Å². The van der Waals surface area contributed by atoms with Gasteiger partial charge in [-0.25, -0.2) is 4.79 Å². The molecule has 0 spiro atoms. The summed E-state index contributed by atoms with van der Waals surface area (Å²) in [5, 5.41) is 9.08. The quantitative estimate of drug-likeness (QED) is 0.919. The van der Waals surface area contributed by atoms with Crippen LogP contribution in [0.4, 0.5) is 5.69 Å². The number of carboxylic acid groups (broad SMARTS) is 1. The minimum atomic E-state index is -1.06. The highest BCUT2D eigenvalue weighted by molar-refractivity contribution is 7.11. The third kappa shape index (κ3) is 2.23. The van der Waals surface area contributed by atoms with Crippen molar-refractivity contribution in [2.45, 2.75) is 0 Å². The lowest BCUT2D eigenvalue weighted by molar-refractivity contribution is 0.0697. The lowest BCUT2D eigenvalue weighted by atomic mass is 10.1. The van der Waals surface area contributed by atoms with Gasteiger partial charge in [-0.05, 0) is 12.1 Å². The van der Waals surface area contributed by atoms with Gasteiger partial charge in [-0.1, -0.05) is 12.1 Å². The standard InChI is InChI=1S/C12H10N2O3S/c1-14(11(15)10-6-13-7-18-10)9-5-3-2-4-8(9)12(16)17/h2-7H,1H3,(H,16,17). The third-order valence-corrected chi connectivity index (χ3v) is 3.20. The van der Waals surface area contributed by atoms with E-state index in [1.165, 1.54) is 28.5 Å². The number of benzene rings is 1. The zero-order valence-electron chi connectivity index (χ0n) is 9.53. The molecule has 1 heterocycles. The van der Waals surface area contributed by atoms with Crippen molar-refractivity contribution in [3.05, 3.63) is 46.4 Å². The first kappa shape index (κ1) is 12.3. The fourth-order valence-electron chi connectivity index (χ4n) is 1.54. The molecule has 1 N–H and O–H groups in total. The van der Waals surface area contributed by atoms with Gasteiger partial charge in [-0.15, -0.1) is 11.3 Å². The zero-order chi connectivity index (χ0) is 13.1. The van der Waals surface area contributed by atoms with E-state index in [1.54, 1.807) is 30.8 Å². The maximum Gasteiger partial charge on any atom is 0.337 e. The molecular formula is C12H10N2O3S. The van der Waals surface area contributed by atoms with E-state index in [1.807, 2.05) is 0 Å². The monoisotopic (exact) mass is 262 g/mol. The highest BCUT2D eigenvalue weighted by Crippen LogP contribution is 2.21. The van der Waals surface area contributed by atoms with Crippen LogP contribution in [-0.4, -0.2) is 29.0 Å². The predicted molar refractivity (Wildman–Crippen MR) is 68.2 cm³/mol. The van der Waals surface area contributed by atoms with E-state index in [2.05, 4.69) is 4.98 Å². The van der Waals surface area contributed by atoms with Crippen LogP contribution in [0.15, 0.2) is 36.0 Å². The summed E-state index contributed by atoms with van der Waals surface area (Å²) < 4.78 is 0. The Morgan fingerprint density at radius 3 is 2.67 bits per heavy atom. The van der Waals surface area contributed by atoms with Crippen molar-refractivity contribution in [2.24, 2.45) is 0 Å². The number of rotatable bonds is 3. The Bertz CT molecular complexity index is 581. The molecule has 5 nitrogen and oxygen atoms in total. The van der Waals surface area contributed by atoms with E-state index < -0.39 is 5.97 Å². The lowest BCUT2D eigenvalue weighted by Crippen LogP contribution is -2.27. The van der Waals surface area contributed by atoms with Gasteiger partial charge in [-0.3, -0.25) is 9.78 Å². The van der Waals surface area contributed by atoms with Gasteiger partial charge in [0, 0.05) is 7.05 Å². The molecule has 6 heteroatoms. The number of carbonyl (C=O) groups is 2. The summed E-state index contributed by atoms with van der Waals surface area (Å²) in [6.07, 6.45) is 1.47. The smallest absolute Gasteiger partial charge is 0.337 e. The number of amides is 1. The number of aromatic nitrogens is 1. The largest absolute Gasteiger partial charge is 0.478 e. The predicted octanol–water partition coefficient (Wildman–Crippen LogP) is 2.12. The molecule has 1 amide bonds. The molecule has 0 fully saturated rings. The number of nitrogens with zero attached hydrogens (tertiary/aromatic N) is 2. The average molecular weight is 262 g/mol. The Hall–Kier alpha value is -2.21. The number of carboxylic acids is 1. The van der Waals surface area contributed by atoms with Crippen LogP contribution in [0.1, 0.15) is 20.0 Å². The molecule has 0 aliphatic carbocycles. The average Bonchev–Trinajstić information content (AvgIpc) is 2.90. The Morgan fingerprint density at radius 1 is 1.33 bits per heavy atom. The number of anilines is 1. The molecule has 92 valence electrons. The van der Waals surface area contributed by atoms with Gasteiger partial charge >= 0.3 is 5.97 Å². The maximum atomic E-state index is 12.1. The first-order chi connectivity index (χ1) is 8.61. The van der Waals surface area contributed by atoms with Gasteiger partial charge in [0.25, 0.3) is 5.91 Å². The van der Waals surface area contributed by atoms with E-state index in [-0.39, 0.29) is 11.5 Å². The summed E-state index contributed by atoms with van der Waals surface area (Å²) in [6.45, 7) is 0. The first-order valence-corrected chi connectivity index (χ1v) is 5.98. The van der Waals surface area contributed by atoms with Gasteiger partial charge in [0.2, 0.25) is 0 Å². The molecule has 18 heavy (non-hydrogen) atoms. The van der Waals surface area contributed by atoms with Crippen molar-refractivity contribution < 1.29 is 14.7 Å². The Labute approximate surface area is 107 Å². The maximum absolute atomic E-state index is 12.1. The van der Waals surface area contributed by atoms with Crippen LogP contribution in [-0.2, 0) is 0 Å². The Balaban J connectivity index is 2.37. The van der Waals surface area contributed by atoms with E-state index in [0.29, 0.717) is 10.6 Å². The normalized spacial score (nSPS) is 10.1. The van der Waals surface area contributed by atoms with Crippen molar-refractivity contribution in [1.29, 1.82) is 0 Å². The van der Waals surface area contributed by atoms with E-state index >= 15 is 0 Å². The van der Waals surface area contributed by atoms with Crippen molar-refractivity contribution in [2.75, 3.05) is 11.9 Å². The van der Waals surface area contributed by atoms with Crippen molar-refractivity contribution in [3.8, 4) is 0 Å². The molecule has 0 radical (unpaired) electrons. The third-order valence-electron chi connectivity index (χ3n) is 2.44. The molecule has 0 unspecified atom stereocenters. The molecule has 0 aliphatic heterocycles. The minimum Gasteiger partial charge on any atom is -0.478 e. The molecule has 2 aromatic rings. The minimum absolute atomic E-state index is 0.0952. The van der Waals surface area contributed by atoms with Crippen LogP contribution in [0.5, 0.6) is 0 Å². The van der Waals surface area contributed by atoms with Crippen LogP contribution >= 0.6 is 11.3 Å². The molecule has 0 saturated carbocycles. The fraction of sp³-hybridized carbons (Fsp3) is 0.0833. The number of thiazole rings is 1. The Morgan fingerprint density at radius 2 is 2.06 bits per heavy atom. The number of carbonyl (C=O) groups excluding carboxylic acids is 1. The van der Waals surface area contributed by atoms with Crippen LogP contribution in [0.2, 0.25) is 0 Å². The highest BCUT2D eigenvalue weighted by Gasteiger charge is 2.19. The molecular weight excluding hydrogens is 252 g/mol. The number of para-hydroxylation sites is 1. The lowest BCUT2D eigenvalue weighted by Gasteiger charge is -2.18. The van der Waals surface area contributed by atoms with Gasteiger partial charge in [0.05, 0.1) is 23.0 Å². The fourth-order valence-corrected chi connectivity index (χ4v) is 2.14. The van der Waals surface area contributed by atoms with Crippen LogP contribution in [0, 0.1) is 0 Å². The van der Waals surface area contributed by atoms with Gasteiger partial charge in [0.1, 0.15) is 4.88 Å². The van der Waals surface area contributed by atoms with Crippen molar-refractivity contribution >= 4 is 28.9 Å². The molecule has 0 saturated heterocycles. The first-order valence-electron chi connectivity index (χ1n) is 5.10. The van der Waals surface area contributed by atoms with E-state index in [4.69, 9.17) is 5.11 Å². The molecule has 0 bridgehead atoms.